The molecule has 1 saturated carbocycles. The first-order valence-electron chi connectivity index (χ1n) is 16.9. The number of hydrogen-bond donors (Lipinski definition) is 1. The van der Waals surface area contributed by atoms with Gasteiger partial charge in [0.2, 0.25) is 5.78 Å². The molecule has 2 aliphatic carbocycles. The summed E-state index contributed by atoms with van der Waals surface area (Å²) < 4.78 is 0. The normalized spacial score (nSPS) is 15.9. The number of anilines is 1. The van der Waals surface area contributed by atoms with Crippen LogP contribution in [0.1, 0.15) is 136 Å². The Kier molecular flexibility index (Phi) is 10.7. The quantitative estimate of drug-likeness (QED) is 0.0664. The summed E-state index contributed by atoms with van der Waals surface area (Å²) in [5.74, 6) is -0.00775. The molecule has 0 aliphatic heterocycles. The molecule has 2 N–H and O–H groups in total. The van der Waals surface area contributed by atoms with Crippen molar-refractivity contribution in [2.24, 2.45) is 11.1 Å². The van der Waals surface area contributed by atoms with Crippen molar-refractivity contribution in [3.8, 4) is 11.1 Å². The molecule has 0 amide bonds. The third-order valence-corrected chi connectivity index (χ3v) is 9.82. The molecule has 5 nitrogen and oxygen atoms in total. The predicted molar refractivity (Wildman–Crippen MR) is 180 cm³/mol. The number of ketones is 1. The largest absolute Gasteiger partial charge is 0.399 e. The van der Waals surface area contributed by atoms with Crippen LogP contribution in [0.5, 0.6) is 0 Å². The van der Waals surface area contributed by atoms with E-state index >= 15 is 0 Å². The number of nitrogen functional groups attached to an aromatic ring is 1. The molecule has 0 aromatic heterocycles. The van der Waals surface area contributed by atoms with Gasteiger partial charge >= 0.3 is 5.97 Å². The highest BCUT2D eigenvalue weighted by Crippen LogP contribution is 2.54. The molecule has 0 radical (unpaired) electrons. The Labute approximate surface area is 263 Å². The molecule has 0 saturated heterocycles. The summed E-state index contributed by atoms with van der Waals surface area (Å²) in [7, 11) is 0. The van der Waals surface area contributed by atoms with Gasteiger partial charge in [0, 0.05) is 16.7 Å². The minimum atomic E-state index is -0.552. The molecule has 0 heterocycles. The summed E-state index contributed by atoms with van der Waals surface area (Å²) in [6.45, 7) is 4.47. The van der Waals surface area contributed by atoms with Crippen molar-refractivity contribution < 1.29 is 14.4 Å². The first kappa shape index (κ1) is 31.7. The van der Waals surface area contributed by atoms with E-state index in [0.29, 0.717) is 29.2 Å². The second-order valence-corrected chi connectivity index (χ2v) is 12.9. The van der Waals surface area contributed by atoms with E-state index in [1.165, 1.54) is 54.4 Å². The molecule has 1 fully saturated rings. The first-order chi connectivity index (χ1) is 21.5. The molecular formula is C39H48N2O3. The monoisotopic (exact) mass is 592 g/mol. The standard InChI is InChI=1S/C39H48N2O3/c1-3-5-24-39(25-6-4-2)34-26-30(20-22-32(34)33-23-21-31(40)27-35(33)39)37(42)36(19-13-16-28-14-9-7-10-15-28)41-44-38(43)29-17-11-8-12-18-29/h8,11-12,17-18,20-23,26-28H,3-7,9-10,13-16,19,24-25,40H2,1-2H3/b41-36+. The molecule has 2 aliphatic rings. The molecule has 5 heteroatoms. The number of rotatable bonds is 14. The highest BCUT2D eigenvalue weighted by atomic mass is 16.7. The lowest BCUT2D eigenvalue weighted by atomic mass is 9.70. The van der Waals surface area contributed by atoms with Gasteiger partial charge in [-0.05, 0) is 84.2 Å². The van der Waals surface area contributed by atoms with Crippen molar-refractivity contribution in [2.45, 2.75) is 109 Å². The van der Waals surface area contributed by atoms with Crippen LogP contribution >= 0.6 is 0 Å². The molecular weight excluding hydrogens is 544 g/mol. The summed E-state index contributed by atoms with van der Waals surface area (Å²) in [5, 5.41) is 4.24. The van der Waals surface area contributed by atoms with Gasteiger partial charge in [0.05, 0.1) is 5.56 Å². The summed E-state index contributed by atoms with van der Waals surface area (Å²) in [4.78, 5) is 32.4. The van der Waals surface area contributed by atoms with Crippen LogP contribution in [0.2, 0.25) is 0 Å². The van der Waals surface area contributed by atoms with Crippen molar-refractivity contribution >= 4 is 23.2 Å². The van der Waals surface area contributed by atoms with Gasteiger partial charge < -0.3 is 10.6 Å². The highest BCUT2D eigenvalue weighted by molar-refractivity contribution is 6.46. The lowest BCUT2D eigenvalue weighted by Gasteiger charge is -2.33. The predicted octanol–water partition coefficient (Wildman–Crippen LogP) is 10.1. The van der Waals surface area contributed by atoms with E-state index in [1.54, 1.807) is 24.3 Å². The number of unbranched alkanes of at least 4 members (excludes halogenated alkanes) is 2. The van der Waals surface area contributed by atoms with Crippen molar-refractivity contribution in [3.63, 3.8) is 0 Å². The van der Waals surface area contributed by atoms with Gasteiger partial charge in [-0.2, -0.15) is 0 Å². The highest BCUT2D eigenvalue weighted by Gasteiger charge is 2.42. The molecule has 232 valence electrons. The van der Waals surface area contributed by atoms with Gasteiger partial charge in [-0.3, -0.25) is 4.79 Å². The summed E-state index contributed by atoms with van der Waals surface area (Å²) in [6, 6.07) is 21.2. The van der Waals surface area contributed by atoms with Gasteiger partial charge in [0.1, 0.15) is 5.71 Å². The second-order valence-electron chi connectivity index (χ2n) is 12.9. The van der Waals surface area contributed by atoms with Crippen LogP contribution < -0.4 is 5.73 Å². The third-order valence-electron chi connectivity index (χ3n) is 9.82. The lowest BCUT2D eigenvalue weighted by molar-refractivity contribution is 0.0514. The summed E-state index contributed by atoms with van der Waals surface area (Å²) >= 11 is 0. The number of carbonyl (C=O) groups is 2. The first-order valence-corrected chi connectivity index (χ1v) is 16.9. The number of hydrogen-bond acceptors (Lipinski definition) is 5. The lowest BCUT2D eigenvalue weighted by Crippen LogP contribution is -2.26. The number of fused-ring (bicyclic) bond motifs is 3. The van der Waals surface area contributed by atoms with Crippen molar-refractivity contribution in [3.05, 3.63) is 89.0 Å². The van der Waals surface area contributed by atoms with Crippen LogP contribution in [0.25, 0.3) is 11.1 Å². The van der Waals surface area contributed by atoms with E-state index in [-0.39, 0.29) is 11.2 Å². The summed E-state index contributed by atoms with van der Waals surface area (Å²) in [5.41, 5.74) is 13.2. The Morgan fingerprint density at radius 1 is 0.818 bits per heavy atom. The topological polar surface area (TPSA) is 81.8 Å². The van der Waals surface area contributed by atoms with Crippen molar-refractivity contribution in [1.82, 2.24) is 0 Å². The molecule has 5 rings (SSSR count). The molecule has 0 unspecified atom stereocenters. The number of oxime groups is 1. The molecule has 44 heavy (non-hydrogen) atoms. The van der Waals surface area contributed by atoms with E-state index in [9.17, 15) is 9.59 Å². The average Bonchev–Trinajstić information content (AvgIpc) is 3.32. The molecule has 0 atom stereocenters. The zero-order valence-electron chi connectivity index (χ0n) is 26.6. The van der Waals surface area contributed by atoms with Crippen molar-refractivity contribution in [2.75, 3.05) is 5.73 Å². The van der Waals surface area contributed by atoms with Crippen LogP contribution in [-0.4, -0.2) is 17.5 Å². The Hall–Kier alpha value is -3.73. The van der Waals surface area contributed by atoms with Gasteiger partial charge in [0.25, 0.3) is 0 Å². The Balaban J connectivity index is 1.47. The maximum Gasteiger partial charge on any atom is 0.365 e. The molecule has 3 aromatic rings. The molecule has 3 aromatic carbocycles. The second kappa shape index (κ2) is 14.8. The smallest absolute Gasteiger partial charge is 0.365 e. The van der Waals surface area contributed by atoms with Crippen LogP contribution in [0.4, 0.5) is 5.69 Å². The van der Waals surface area contributed by atoms with E-state index in [4.69, 9.17) is 10.6 Å². The zero-order valence-corrected chi connectivity index (χ0v) is 26.6. The Morgan fingerprint density at radius 3 is 2.16 bits per heavy atom. The maximum absolute atomic E-state index is 14.2. The number of nitrogens with two attached hydrogens (primary N) is 1. The number of Topliss-reactive ketones (excluding diaryl/α,β-unsaturated/α-hetero) is 1. The van der Waals surface area contributed by atoms with Gasteiger partial charge in [-0.1, -0.05) is 120 Å². The van der Waals surface area contributed by atoms with E-state index < -0.39 is 5.97 Å². The fraction of sp³-hybridized carbons (Fsp3) is 0.462. The molecule has 0 bridgehead atoms. The SMILES string of the molecule is CCCCC1(CCCC)c2cc(N)ccc2-c2ccc(C(=O)/C(CCCC3CCCCC3)=N/OC(=O)c3ccccc3)cc21. The minimum absolute atomic E-state index is 0.160. The van der Waals surface area contributed by atoms with E-state index in [2.05, 4.69) is 43.3 Å². The van der Waals surface area contributed by atoms with Gasteiger partial charge in [-0.15, -0.1) is 0 Å². The van der Waals surface area contributed by atoms with Gasteiger partial charge in [0.15, 0.2) is 0 Å². The summed E-state index contributed by atoms with van der Waals surface area (Å²) in [6.07, 6.45) is 15.3. The van der Waals surface area contributed by atoms with Crippen LogP contribution in [0.15, 0.2) is 71.9 Å². The Morgan fingerprint density at radius 2 is 1.48 bits per heavy atom. The number of nitrogens with zero attached hydrogens (tertiary/aromatic N) is 1. The number of benzene rings is 3. The average molecular weight is 593 g/mol. The van der Waals surface area contributed by atoms with Crippen LogP contribution in [0.3, 0.4) is 0 Å². The third kappa shape index (κ3) is 6.98. The fourth-order valence-corrected chi connectivity index (χ4v) is 7.40. The fourth-order valence-electron chi connectivity index (χ4n) is 7.40. The van der Waals surface area contributed by atoms with E-state index in [0.717, 1.165) is 57.1 Å². The van der Waals surface area contributed by atoms with Gasteiger partial charge in [-0.25, -0.2) is 4.79 Å². The zero-order chi connectivity index (χ0) is 30.9. The number of carbonyl (C=O) groups excluding carboxylic acids is 2. The van der Waals surface area contributed by atoms with E-state index in [1.807, 2.05) is 18.2 Å². The van der Waals surface area contributed by atoms with Crippen LogP contribution in [-0.2, 0) is 10.3 Å². The minimum Gasteiger partial charge on any atom is -0.399 e. The molecule has 0 spiro atoms. The maximum atomic E-state index is 14.2. The van der Waals surface area contributed by atoms with Crippen LogP contribution in [0, 0.1) is 5.92 Å². The Bertz CT molecular complexity index is 1460. The van der Waals surface area contributed by atoms with Crippen molar-refractivity contribution in [1.29, 1.82) is 0 Å².